The summed E-state index contributed by atoms with van der Waals surface area (Å²) < 4.78 is 8.40. The van der Waals surface area contributed by atoms with Crippen LogP contribution in [0.1, 0.15) is 18.3 Å². The van der Waals surface area contributed by atoms with Crippen molar-refractivity contribution in [3.05, 3.63) is 64.7 Å². The second kappa shape index (κ2) is 7.36. The molecule has 0 radical (unpaired) electrons. The van der Waals surface area contributed by atoms with Crippen LogP contribution < -0.4 is 10.4 Å². The lowest BCUT2D eigenvalue weighted by molar-refractivity contribution is 0.264. The number of aromatic hydroxyl groups is 1. The lowest BCUT2D eigenvalue weighted by atomic mass is 10.1. The Hall–Kier alpha value is -3.72. The highest BCUT2D eigenvalue weighted by molar-refractivity contribution is 5.94. The van der Waals surface area contributed by atoms with Gasteiger partial charge in [-0.15, -0.1) is 5.10 Å². The third-order valence-corrected chi connectivity index (χ3v) is 4.63. The molecule has 29 heavy (non-hydrogen) atoms. The van der Waals surface area contributed by atoms with Crippen molar-refractivity contribution in [2.75, 3.05) is 0 Å². The molecule has 0 unspecified atom stereocenters. The molecule has 1 aromatic carbocycles. The van der Waals surface area contributed by atoms with Gasteiger partial charge < -0.3 is 14.9 Å². The predicted octanol–water partition coefficient (Wildman–Crippen LogP) is 2.30. The number of phenolic OH excluding ortho intramolecular Hbond substituents is 1. The van der Waals surface area contributed by atoms with E-state index in [0.717, 1.165) is 10.2 Å². The van der Waals surface area contributed by atoms with E-state index in [1.54, 1.807) is 37.6 Å². The van der Waals surface area contributed by atoms with Gasteiger partial charge in [-0.1, -0.05) is 0 Å². The van der Waals surface area contributed by atoms with Crippen LogP contribution in [0, 0.1) is 6.92 Å². The molecule has 0 fully saturated rings. The molecule has 0 aliphatic heterocycles. The molecule has 0 saturated heterocycles. The maximum atomic E-state index is 12.6. The van der Waals surface area contributed by atoms with Crippen molar-refractivity contribution in [1.29, 1.82) is 0 Å². The highest BCUT2D eigenvalue weighted by Gasteiger charge is 2.17. The first-order chi connectivity index (χ1) is 14.0. The van der Waals surface area contributed by atoms with Gasteiger partial charge >= 0.3 is 5.69 Å². The number of pyridine rings is 2. The molecule has 0 saturated carbocycles. The van der Waals surface area contributed by atoms with Crippen molar-refractivity contribution in [2.24, 2.45) is 0 Å². The molecule has 0 spiro atoms. The molecule has 2 N–H and O–H groups in total. The molecule has 3 heterocycles. The summed E-state index contributed by atoms with van der Waals surface area (Å²) in [4.78, 5) is 20.9. The van der Waals surface area contributed by atoms with Crippen molar-refractivity contribution >= 4 is 10.8 Å². The number of benzene rings is 1. The number of ether oxygens (including phenoxy) is 1. The van der Waals surface area contributed by atoms with Crippen molar-refractivity contribution in [3.8, 4) is 23.1 Å². The number of aliphatic hydroxyl groups is 1. The zero-order valence-corrected chi connectivity index (χ0v) is 15.9. The Morgan fingerprint density at radius 3 is 2.72 bits per heavy atom. The molecule has 9 heteroatoms. The number of aryl methyl sites for hydroxylation is 1. The summed E-state index contributed by atoms with van der Waals surface area (Å²) in [6, 6.07) is 6.64. The van der Waals surface area contributed by atoms with Gasteiger partial charge in [-0.2, -0.15) is 4.68 Å². The molecule has 148 valence electrons. The van der Waals surface area contributed by atoms with E-state index in [-0.39, 0.29) is 24.1 Å². The van der Waals surface area contributed by atoms with Gasteiger partial charge in [0.2, 0.25) is 5.88 Å². The minimum absolute atomic E-state index is 0.106. The first-order valence-corrected chi connectivity index (χ1v) is 9.03. The van der Waals surface area contributed by atoms with Crippen LogP contribution in [0.4, 0.5) is 0 Å². The fraction of sp³-hybridized carbons (Fsp3) is 0.200. The van der Waals surface area contributed by atoms with E-state index in [9.17, 15) is 15.0 Å². The second-order valence-corrected chi connectivity index (χ2v) is 6.44. The summed E-state index contributed by atoms with van der Waals surface area (Å²) in [6.45, 7) is 3.69. The van der Waals surface area contributed by atoms with Crippen LogP contribution >= 0.6 is 0 Å². The van der Waals surface area contributed by atoms with Crippen LogP contribution in [-0.2, 0) is 13.2 Å². The average Bonchev–Trinajstić information content (AvgIpc) is 3.05. The van der Waals surface area contributed by atoms with Crippen molar-refractivity contribution in [3.63, 3.8) is 0 Å². The number of rotatable bonds is 5. The Kier molecular flexibility index (Phi) is 4.73. The molecule has 9 nitrogen and oxygen atoms in total. The standard InChI is InChI=1S/C20H19N5O4/c1-3-24-17(11-26)23-25(20(24)28)14-8-13-5-7-22-19(18(13)15(27)9-14)29-16-10-21-6-4-12(16)2/h4-10,26-27H,3,11H2,1-2H3. The normalized spacial score (nSPS) is 11.1. The van der Waals surface area contributed by atoms with Crippen LogP contribution in [0.2, 0.25) is 0 Å². The first kappa shape index (κ1) is 18.6. The summed E-state index contributed by atoms with van der Waals surface area (Å²) in [7, 11) is 0. The molecular weight excluding hydrogens is 374 g/mol. The Bertz CT molecular complexity index is 1260. The topological polar surface area (TPSA) is 115 Å². The fourth-order valence-electron chi connectivity index (χ4n) is 3.15. The molecule has 0 atom stereocenters. The van der Waals surface area contributed by atoms with Gasteiger partial charge in [0.05, 0.1) is 17.3 Å². The number of hydrogen-bond acceptors (Lipinski definition) is 7. The Labute approximate surface area is 165 Å². The summed E-state index contributed by atoms with van der Waals surface area (Å²) in [5.74, 6) is 0.903. The van der Waals surface area contributed by atoms with E-state index in [1.165, 1.54) is 10.6 Å². The summed E-state index contributed by atoms with van der Waals surface area (Å²) in [5.41, 5.74) is 0.853. The molecule has 0 bridgehead atoms. The van der Waals surface area contributed by atoms with E-state index >= 15 is 0 Å². The minimum Gasteiger partial charge on any atom is -0.507 e. The third kappa shape index (κ3) is 3.21. The van der Waals surface area contributed by atoms with E-state index in [2.05, 4.69) is 15.1 Å². The monoisotopic (exact) mass is 393 g/mol. The molecular formula is C20H19N5O4. The molecule has 4 aromatic rings. The van der Waals surface area contributed by atoms with Crippen LogP contribution in [0.3, 0.4) is 0 Å². The van der Waals surface area contributed by atoms with Gasteiger partial charge in [0.1, 0.15) is 12.4 Å². The first-order valence-electron chi connectivity index (χ1n) is 9.03. The summed E-state index contributed by atoms with van der Waals surface area (Å²) >= 11 is 0. The second-order valence-electron chi connectivity index (χ2n) is 6.44. The van der Waals surface area contributed by atoms with Crippen LogP contribution in [0.15, 0.2) is 47.7 Å². The largest absolute Gasteiger partial charge is 0.507 e. The van der Waals surface area contributed by atoms with Crippen LogP contribution in [0.25, 0.3) is 16.5 Å². The number of fused-ring (bicyclic) bond motifs is 1. The number of phenols is 1. The van der Waals surface area contributed by atoms with E-state index in [0.29, 0.717) is 28.8 Å². The number of aromatic nitrogens is 5. The minimum atomic E-state index is -0.396. The smallest absolute Gasteiger partial charge is 0.350 e. The van der Waals surface area contributed by atoms with Crippen molar-refractivity contribution < 1.29 is 14.9 Å². The SMILES string of the molecule is CCn1c(CO)nn(-c2cc(O)c3c(Oc4cnccc4C)nccc3c2)c1=O. The number of hydrogen-bond donors (Lipinski definition) is 2. The Balaban J connectivity index is 1.85. The third-order valence-electron chi connectivity index (χ3n) is 4.63. The highest BCUT2D eigenvalue weighted by atomic mass is 16.5. The molecule has 4 rings (SSSR count). The van der Waals surface area contributed by atoms with E-state index in [1.807, 2.05) is 13.0 Å². The van der Waals surface area contributed by atoms with E-state index < -0.39 is 5.69 Å². The highest BCUT2D eigenvalue weighted by Crippen LogP contribution is 2.36. The van der Waals surface area contributed by atoms with Gasteiger partial charge in [-0.3, -0.25) is 9.55 Å². The van der Waals surface area contributed by atoms with E-state index in [4.69, 9.17) is 4.74 Å². The number of nitrogens with zero attached hydrogens (tertiary/aromatic N) is 5. The zero-order valence-electron chi connectivity index (χ0n) is 15.9. The Morgan fingerprint density at radius 1 is 1.21 bits per heavy atom. The predicted molar refractivity (Wildman–Crippen MR) is 105 cm³/mol. The lowest BCUT2D eigenvalue weighted by Gasteiger charge is -2.11. The average molecular weight is 393 g/mol. The molecule has 0 amide bonds. The zero-order chi connectivity index (χ0) is 20.5. The van der Waals surface area contributed by atoms with Gasteiger partial charge in [0.15, 0.2) is 11.6 Å². The van der Waals surface area contributed by atoms with Gasteiger partial charge in [-0.25, -0.2) is 9.78 Å². The summed E-state index contributed by atoms with van der Waals surface area (Å²) in [5, 5.41) is 25.3. The fourth-order valence-corrected chi connectivity index (χ4v) is 3.15. The quantitative estimate of drug-likeness (QED) is 0.534. The Morgan fingerprint density at radius 2 is 2.03 bits per heavy atom. The molecule has 0 aliphatic rings. The summed E-state index contributed by atoms with van der Waals surface area (Å²) in [6.07, 6.45) is 4.80. The molecule has 0 aliphatic carbocycles. The lowest BCUT2D eigenvalue weighted by Crippen LogP contribution is -2.23. The van der Waals surface area contributed by atoms with Crippen molar-refractivity contribution in [2.45, 2.75) is 27.0 Å². The number of aliphatic hydroxyl groups excluding tert-OH is 1. The van der Waals surface area contributed by atoms with Crippen LogP contribution in [0.5, 0.6) is 17.4 Å². The van der Waals surface area contributed by atoms with Gasteiger partial charge in [0, 0.05) is 25.0 Å². The van der Waals surface area contributed by atoms with Crippen molar-refractivity contribution in [1.82, 2.24) is 24.3 Å². The van der Waals surface area contributed by atoms with Gasteiger partial charge in [0.25, 0.3) is 0 Å². The maximum absolute atomic E-state index is 12.6. The maximum Gasteiger partial charge on any atom is 0.350 e. The van der Waals surface area contributed by atoms with Crippen LogP contribution in [-0.4, -0.2) is 34.5 Å². The molecule has 3 aromatic heterocycles. The van der Waals surface area contributed by atoms with Gasteiger partial charge in [-0.05, 0) is 43.0 Å².